The molecule has 6 heteroatoms. The van der Waals surface area contributed by atoms with Gasteiger partial charge >= 0.3 is 0 Å². The number of carbonyl (C=O) groups is 1. The topological polar surface area (TPSA) is 34.9 Å². The minimum atomic E-state index is -0.717. The summed E-state index contributed by atoms with van der Waals surface area (Å²) in [6, 6.07) is 3.53. The quantitative estimate of drug-likeness (QED) is 0.869. The van der Waals surface area contributed by atoms with Gasteiger partial charge in [0.25, 0.3) is 0 Å². The van der Waals surface area contributed by atoms with E-state index in [1.807, 2.05) is 0 Å². The maximum Gasteiger partial charge on any atom is 0.143 e. The molecule has 3 nitrogen and oxygen atoms in total. The second kappa shape index (κ2) is 5.71. The largest absolute Gasteiger partial charge is 0.299 e. The van der Waals surface area contributed by atoms with Crippen molar-refractivity contribution in [3.8, 4) is 0 Å². The van der Waals surface area contributed by atoms with E-state index >= 15 is 0 Å². The summed E-state index contributed by atoms with van der Waals surface area (Å²) in [6.07, 6.45) is -0.316. The molecule has 106 valence electrons. The molecule has 0 bridgehead atoms. The van der Waals surface area contributed by atoms with E-state index in [2.05, 4.69) is 5.10 Å². The van der Waals surface area contributed by atoms with E-state index in [1.54, 1.807) is 14.0 Å². The Morgan fingerprint density at radius 2 is 1.90 bits per heavy atom. The third-order valence-electron chi connectivity index (χ3n) is 3.06. The molecule has 0 aliphatic rings. The number of hydrogen-bond acceptors (Lipinski definition) is 2. The Hall–Kier alpha value is -1.75. The van der Waals surface area contributed by atoms with Crippen molar-refractivity contribution >= 4 is 17.4 Å². The number of Topliss-reactive ketones (excluding diaryl/α,β-unsaturated/α-hetero) is 1. The fourth-order valence-corrected chi connectivity index (χ4v) is 2.25. The molecule has 0 N–H and O–H groups in total. The van der Waals surface area contributed by atoms with Crippen LogP contribution in [0.2, 0.25) is 5.02 Å². The first kappa shape index (κ1) is 14.7. The van der Waals surface area contributed by atoms with Crippen LogP contribution in [0.5, 0.6) is 0 Å². The first-order valence-electron chi connectivity index (χ1n) is 6.02. The number of aryl methyl sites for hydroxylation is 2. The molecule has 2 aromatic rings. The number of rotatable bonds is 4. The number of nitrogens with zero attached hydrogens (tertiary/aromatic N) is 2. The Morgan fingerprint density at radius 1 is 1.30 bits per heavy atom. The fraction of sp³-hybridized carbons (Fsp3) is 0.286. The van der Waals surface area contributed by atoms with Gasteiger partial charge in [0.2, 0.25) is 0 Å². The maximum atomic E-state index is 13.5. The van der Waals surface area contributed by atoms with E-state index in [0.29, 0.717) is 16.4 Å². The second-order valence-corrected chi connectivity index (χ2v) is 4.94. The van der Waals surface area contributed by atoms with Crippen LogP contribution < -0.4 is 0 Å². The lowest BCUT2D eigenvalue weighted by molar-refractivity contribution is -0.118. The molecule has 1 aromatic heterocycles. The standard InChI is InChI=1S/C14H13ClF2N2O/c1-8-14(15)13(19(2)18-8)7-9(20)6-10-11(16)4-3-5-12(10)17/h3-5H,6-7H2,1-2H3. The summed E-state index contributed by atoms with van der Waals surface area (Å²) in [5.41, 5.74) is 0.951. The van der Waals surface area contributed by atoms with Gasteiger partial charge in [0.05, 0.1) is 22.8 Å². The van der Waals surface area contributed by atoms with Crippen molar-refractivity contribution in [1.29, 1.82) is 0 Å². The lowest BCUT2D eigenvalue weighted by atomic mass is 10.0. The van der Waals surface area contributed by atoms with E-state index < -0.39 is 11.6 Å². The van der Waals surface area contributed by atoms with E-state index in [-0.39, 0.29) is 24.2 Å². The molecule has 0 aliphatic heterocycles. The molecule has 0 fully saturated rings. The van der Waals surface area contributed by atoms with Crippen molar-refractivity contribution in [3.63, 3.8) is 0 Å². The smallest absolute Gasteiger partial charge is 0.143 e. The van der Waals surface area contributed by atoms with E-state index in [9.17, 15) is 13.6 Å². The fourth-order valence-electron chi connectivity index (χ4n) is 2.02. The zero-order valence-electron chi connectivity index (χ0n) is 11.1. The van der Waals surface area contributed by atoms with E-state index in [4.69, 9.17) is 11.6 Å². The first-order chi connectivity index (χ1) is 9.40. The normalized spacial score (nSPS) is 10.8. The van der Waals surface area contributed by atoms with Gasteiger partial charge in [-0.05, 0) is 19.1 Å². The average molecular weight is 299 g/mol. The van der Waals surface area contributed by atoms with Gasteiger partial charge in [-0.15, -0.1) is 0 Å². The first-order valence-corrected chi connectivity index (χ1v) is 6.40. The van der Waals surface area contributed by atoms with Crippen LogP contribution in [0.15, 0.2) is 18.2 Å². The Bertz CT molecular complexity index is 647. The molecule has 0 spiro atoms. The van der Waals surface area contributed by atoms with E-state index in [1.165, 1.54) is 10.7 Å². The summed E-state index contributed by atoms with van der Waals surface area (Å²) >= 11 is 6.04. The van der Waals surface area contributed by atoms with Gasteiger partial charge in [-0.2, -0.15) is 5.10 Å². The zero-order chi connectivity index (χ0) is 14.9. The molecule has 20 heavy (non-hydrogen) atoms. The number of hydrogen-bond donors (Lipinski definition) is 0. The highest BCUT2D eigenvalue weighted by Crippen LogP contribution is 2.21. The predicted molar refractivity (Wildman–Crippen MR) is 71.7 cm³/mol. The third-order valence-corrected chi connectivity index (χ3v) is 3.55. The average Bonchev–Trinajstić information content (AvgIpc) is 2.61. The van der Waals surface area contributed by atoms with Gasteiger partial charge in [0.15, 0.2) is 0 Å². The summed E-state index contributed by atoms with van der Waals surface area (Å²) in [5, 5.41) is 4.50. The number of aromatic nitrogens is 2. The van der Waals surface area contributed by atoms with Crippen LogP contribution in [0.3, 0.4) is 0 Å². The molecule has 0 unspecified atom stereocenters. The summed E-state index contributed by atoms with van der Waals surface area (Å²) in [6.45, 7) is 1.73. The summed E-state index contributed by atoms with van der Waals surface area (Å²) in [7, 11) is 1.67. The van der Waals surface area contributed by atoms with Crippen molar-refractivity contribution in [2.24, 2.45) is 7.05 Å². The van der Waals surface area contributed by atoms with Crippen LogP contribution >= 0.6 is 11.6 Å². The Balaban J connectivity index is 2.18. The van der Waals surface area contributed by atoms with Gasteiger partial charge < -0.3 is 0 Å². The Labute approximate surface area is 120 Å². The van der Waals surface area contributed by atoms with Crippen molar-refractivity contribution < 1.29 is 13.6 Å². The summed E-state index contributed by atoms with van der Waals surface area (Å²) in [4.78, 5) is 12.0. The molecule has 0 radical (unpaired) electrons. The molecule has 0 saturated carbocycles. The third kappa shape index (κ3) is 2.88. The van der Waals surface area contributed by atoms with E-state index in [0.717, 1.165) is 12.1 Å². The highest BCUT2D eigenvalue weighted by Gasteiger charge is 2.18. The SMILES string of the molecule is Cc1nn(C)c(CC(=O)Cc2c(F)cccc2F)c1Cl. The van der Waals surface area contributed by atoms with Crippen LogP contribution in [-0.2, 0) is 24.7 Å². The highest BCUT2D eigenvalue weighted by atomic mass is 35.5. The monoisotopic (exact) mass is 298 g/mol. The van der Waals surface area contributed by atoms with Crippen LogP contribution in [0.25, 0.3) is 0 Å². The van der Waals surface area contributed by atoms with Gasteiger partial charge in [-0.3, -0.25) is 9.48 Å². The highest BCUT2D eigenvalue weighted by molar-refractivity contribution is 6.32. The lowest BCUT2D eigenvalue weighted by Gasteiger charge is -2.05. The number of benzene rings is 1. The van der Waals surface area contributed by atoms with Crippen molar-refractivity contribution in [1.82, 2.24) is 9.78 Å². The molecule has 1 heterocycles. The van der Waals surface area contributed by atoms with Gasteiger partial charge in [0, 0.05) is 19.0 Å². The lowest BCUT2D eigenvalue weighted by Crippen LogP contribution is -2.12. The Morgan fingerprint density at radius 3 is 2.40 bits per heavy atom. The minimum absolute atomic E-state index is 0.00997. The molecule has 2 rings (SSSR count). The van der Waals surface area contributed by atoms with Crippen LogP contribution in [0.4, 0.5) is 8.78 Å². The molecule has 0 amide bonds. The second-order valence-electron chi connectivity index (χ2n) is 4.56. The summed E-state index contributed by atoms with van der Waals surface area (Å²) in [5.74, 6) is -1.75. The number of carbonyl (C=O) groups excluding carboxylic acids is 1. The molecule has 0 atom stereocenters. The number of ketones is 1. The molecular weight excluding hydrogens is 286 g/mol. The zero-order valence-corrected chi connectivity index (χ0v) is 11.8. The van der Waals surface area contributed by atoms with Crippen LogP contribution in [-0.4, -0.2) is 15.6 Å². The molecular formula is C14H13ClF2N2O. The summed E-state index contributed by atoms with van der Waals surface area (Å²) < 4.78 is 28.5. The maximum absolute atomic E-state index is 13.5. The van der Waals surface area contributed by atoms with Gasteiger partial charge in [-0.1, -0.05) is 17.7 Å². The van der Waals surface area contributed by atoms with Gasteiger partial charge in [0.1, 0.15) is 17.4 Å². The van der Waals surface area contributed by atoms with Crippen molar-refractivity contribution in [3.05, 3.63) is 51.8 Å². The van der Waals surface area contributed by atoms with Crippen molar-refractivity contribution in [2.75, 3.05) is 0 Å². The minimum Gasteiger partial charge on any atom is -0.299 e. The van der Waals surface area contributed by atoms with Crippen molar-refractivity contribution in [2.45, 2.75) is 19.8 Å². The number of halogens is 3. The molecule has 0 aliphatic carbocycles. The van der Waals surface area contributed by atoms with Crippen LogP contribution in [0.1, 0.15) is 17.0 Å². The predicted octanol–water partition coefficient (Wildman–Crippen LogP) is 3.01. The van der Waals surface area contributed by atoms with Crippen LogP contribution in [0, 0.1) is 18.6 Å². The molecule has 1 aromatic carbocycles. The molecule has 0 saturated heterocycles. The Kier molecular flexibility index (Phi) is 4.18. The van der Waals surface area contributed by atoms with Gasteiger partial charge in [-0.25, -0.2) is 8.78 Å².